The van der Waals surface area contributed by atoms with Gasteiger partial charge in [-0.2, -0.15) is 0 Å². The number of aromatic nitrogens is 2. The van der Waals surface area contributed by atoms with Crippen LogP contribution in [0.15, 0.2) is 126 Å². The van der Waals surface area contributed by atoms with Crippen LogP contribution in [0, 0.1) is 5.41 Å². The predicted octanol–water partition coefficient (Wildman–Crippen LogP) is 8.02. The molecule has 6 aromatic rings. The summed E-state index contributed by atoms with van der Waals surface area (Å²) >= 11 is 0. The fourth-order valence-corrected chi connectivity index (χ4v) is 5.99. The number of aliphatic carboxylic acids is 1. The molecule has 0 aliphatic rings. The Morgan fingerprint density at radius 1 is 0.688 bits per heavy atom. The van der Waals surface area contributed by atoms with Gasteiger partial charge in [-0.1, -0.05) is 91.8 Å². The third-order valence-electron chi connectivity index (χ3n) is 8.28. The van der Waals surface area contributed by atoms with Crippen molar-refractivity contribution < 1.29 is 24.6 Å². The first kappa shape index (κ1) is 34.6. The summed E-state index contributed by atoms with van der Waals surface area (Å²) in [7, 11) is 0. The molecule has 0 atom stereocenters. The van der Waals surface area contributed by atoms with Crippen LogP contribution in [-0.2, 0) is 18.0 Å². The number of fused-ring (bicyclic) bond motifs is 2. The fraction of sp³-hybridized carbons (Fsp3) is 0.179. The number of para-hydroxylation sites is 2. The molecule has 4 aromatic carbocycles. The number of hydrogen-bond donors (Lipinski definition) is 2. The smallest absolute Gasteiger partial charge is 0.353 e. The van der Waals surface area contributed by atoms with Crippen LogP contribution in [0.3, 0.4) is 0 Å². The van der Waals surface area contributed by atoms with Crippen LogP contribution >= 0.6 is 0 Å². The van der Waals surface area contributed by atoms with Gasteiger partial charge in [0.2, 0.25) is 0 Å². The summed E-state index contributed by atoms with van der Waals surface area (Å²) in [4.78, 5) is 21.2. The van der Waals surface area contributed by atoms with Gasteiger partial charge in [-0.15, -0.1) is 0 Å². The van der Waals surface area contributed by atoms with Crippen LogP contribution < -0.4 is 9.47 Å². The zero-order valence-corrected chi connectivity index (χ0v) is 29.2. The molecule has 0 saturated carbocycles. The largest absolute Gasteiger partial charge is 0.487 e. The van der Waals surface area contributed by atoms with Crippen LogP contribution in [0.25, 0.3) is 21.8 Å². The summed E-state index contributed by atoms with van der Waals surface area (Å²) in [5, 5.41) is 24.3. The SMILES string of the molecule is CC(C)(CC(=NO)C(=O)O)C(c1ccc(OCc2ccc3ccccc3n2)cc1)c1ccc(OCc2ccc3ccccc3n2)cc1.[Na]. The quantitative estimate of drug-likeness (QED) is 0.0598. The average molecular weight is 649 g/mol. The number of carbonyl (C=O) groups is 1. The van der Waals surface area contributed by atoms with E-state index in [0.717, 1.165) is 44.3 Å². The first-order chi connectivity index (χ1) is 22.8. The average Bonchev–Trinajstić information content (AvgIpc) is 3.09. The minimum atomic E-state index is -1.25. The molecule has 1 radical (unpaired) electrons. The predicted molar refractivity (Wildman–Crippen MR) is 188 cm³/mol. The second-order valence-electron chi connectivity index (χ2n) is 12.2. The molecule has 48 heavy (non-hydrogen) atoms. The molecule has 0 spiro atoms. The number of pyridine rings is 2. The standard InChI is InChI=1S/C39H35N3O5.Na/c1-39(2,23-36(42-45)38(43)44)37(28-13-19-32(20-14-28)46-24-30-17-11-26-7-3-5-9-34(26)40-30)29-15-21-33(22-16-29)47-25-31-18-12-27-8-4-6-10-35(27)41-31;/h3-22,37,45H,23-25H2,1-2H3,(H,43,44);. The number of benzene rings is 4. The number of rotatable bonds is 12. The van der Waals surface area contributed by atoms with Crippen LogP contribution in [-0.4, -0.2) is 61.5 Å². The van der Waals surface area contributed by atoms with Gasteiger partial charge in [-0.3, -0.25) is 0 Å². The number of carboxylic acid groups (broad SMARTS) is 1. The Morgan fingerprint density at radius 3 is 1.54 bits per heavy atom. The Morgan fingerprint density at radius 2 is 1.12 bits per heavy atom. The number of carboxylic acids is 1. The van der Waals surface area contributed by atoms with Crippen molar-refractivity contribution in [2.24, 2.45) is 10.6 Å². The van der Waals surface area contributed by atoms with E-state index >= 15 is 0 Å². The molecule has 2 aromatic heterocycles. The summed E-state index contributed by atoms with van der Waals surface area (Å²) < 4.78 is 12.1. The molecular weight excluding hydrogens is 613 g/mol. The monoisotopic (exact) mass is 648 g/mol. The maximum atomic E-state index is 11.8. The van der Waals surface area contributed by atoms with E-state index in [1.165, 1.54) is 0 Å². The zero-order chi connectivity index (χ0) is 32.8. The molecule has 0 fully saturated rings. The van der Waals surface area contributed by atoms with Gasteiger partial charge in [0.05, 0.1) is 22.4 Å². The van der Waals surface area contributed by atoms with Gasteiger partial charge < -0.3 is 19.8 Å². The summed E-state index contributed by atoms with van der Waals surface area (Å²) in [5.41, 5.74) is 4.47. The zero-order valence-electron chi connectivity index (χ0n) is 27.2. The van der Waals surface area contributed by atoms with Gasteiger partial charge in [-0.25, -0.2) is 14.8 Å². The molecule has 0 aliphatic heterocycles. The number of ether oxygens (including phenoxy) is 2. The number of hydrogen-bond acceptors (Lipinski definition) is 7. The Hall–Kier alpha value is -4.76. The van der Waals surface area contributed by atoms with Gasteiger partial charge >= 0.3 is 5.97 Å². The molecular formula is C39H35N3NaO5. The van der Waals surface area contributed by atoms with E-state index in [0.29, 0.717) is 24.7 Å². The van der Waals surface area contributed by atoms with E-state index in [4.69, 9.17) is 9.47 Å². The maximum Gasteiger partial charge on any atom is 0.353 e. The van der Waals surface area contributed by atoms with Crippen molar-refractivity contribution in [3.05, 3.63) is 144 Å². The third kappa shape index (κ3) is 8.20. The fourth-order valence-electron chi connectivity index (χ4n) is 5.99. The molecule has 8 nitrogen and oxygen atoms in total. The van der Waals surface area contributed by atoms with Gasteiger partial charge in [-0.05, 0) is 65.1 Å². The third-order valence-corrected chi connectivity index (χ3v) is 8.28. The molecule has 2 N–H and O–H groups in total. The molecule has 0 bridgehead atoms. The topological polar surface area (TPSA) is 114 Å². The van der Waals surface area contributed by atoms with Crippen molar-refractivity contribution in [1.29, 1.82) is 0 Å². The van der Waals surface area contributed by atoms with Crippen molar-refractivity contribution in [2.75, 3.05) is 0 Å². The number of oxime groups is 1. The minimum absolute atomic E-state index is 0. The Bertz CT molecular complexity index is 1920. The van der Waals surface area contributed by atoms with Crippen LogP contribution in [0.2, 0.25) is 0 Å². The van der Waals surface area contributed by atoms with E-state index in [1.54, 1.807) is 0 Å². The normalized spacial score (nSPS) is 11.8. The van der Waals surface area contributed by atoms with E-state index in [-0.39, 0.29) is 47.6 Å². The van der Waals surface area contributed by atoms with Gasteiger partial charge in [0.1, 0.15) is 24.7 Å². The Labute approximate surface area is 301 Å². The minimum Gasteiger partial charge on any atom is -0.487 e. The van der Waals surface area contributed by atoms with E-state index in [1.807, 2.05) is 135 Å². The molecule has 2 heterocycles. The summed E-state index contributed by atoms with van der Waals surface area (Å²) in [5.74, 6) is -0.119. The summed E-state index contributed by atoms with van der Waals surface area (Å²) in [6, 6.07) is 39.5. The van der Waals surface area contributed by atoms with Crippen molar-refractivity contribution in [3.63, 3.8) is 0 Å². The van der Waals surface area contributed by atoms with Crippen LogP contribution in [0.5, 0.6) is 11.5 Å². The molecule has 237 valence electrons. The van der Waals surface area contributed by atoms with Crippen molar-refractivity contribution in [2.45, 2.75) is 39.4 Å². The first-order valence-electron chi connectivity index (χ1n) is 15.4. The van der Waals surface area contributed by atoms with Crippen molar-refractivity contribution in [1.82, 2.24) is 9.97 Å². The summed E-state index contributed by atoms with van der Waals surface area (Å²) in [6.07, 6.45) is 0.0429. The Kier molecular flexibility index (Phi) is 11.1. The van der Waals surface area contributed by atoms with Crippen molar-refractivity contribution >= 4 is 63.0 Å². The maximum absolute atomic E-state index is 11.8. The second kappa shape index (κ2) is 15.4. The molecule has 6 rings (SSSR count). The second-order valence-corrected chi connectivity index (χ2v) is 12.2. The van der Waals surface area contributed by atoms with Crippen LogP contribution in [0.4, 0.5) is 0 Å². The van der Waals surface area contributed by atoms with Crippen LogP contribution in [0.1, 0.15) is 48.7 Å². The molecule has 0 saturated heterocycles. The first-order valence-corrected chi connectivity index (χ1v) is 15.4. The van der Waals surface area contributed by atoms with Gasteiger partial charge in [0.15, 0.2) is 5.71 Å². The number of nitrogens with zero attached hydrogens (tertiary/aromatic N) is 3. The van der Waals surface area contributed by atoms with E-state index < -0.39 is 11.4 Å². The van der Waals surface area contributed by atoms with Gasteiger partial charge in [0.25, 0.3) is 0 Å². The van der Waals surface area contributed by atoms with E-state index in [9.17, 15) is 15.1 Å². The summed E-state index contributed by atoms with van der Waals surface area (Å²) in [6.45, 7) is 4.59. The molecule has 0 amide bonds. The van der Waals surface area contributed by atoms with Crippen molar-refractivity contribution in [3.8, 4) is 11.5 Å². The molecule has 0 aliphatic carbocycles. The molecule has 9 heteroatoms. The molecule has 0 unspecified atom stereocenters. The van der Waals surface area contributed by atoms with Gasteiger partial charge in [0, 0.05) is 52.7 Å². The Balaban J connectivity index is 0.00000451. The van der Waals surface area contributed by atoms with E-state index in [2.05, 4.69) is 15.1 Å².